The first-order valence-corrected chi connectivity index (χ1v) is 13.3. The molecule has 1 unspecified atom stereocenters. The van der Waals surface area contributed by atoms with Gasteiger partial charge in [-0.05, 0) is 92.8 Å². The Labute approximate surface area is 233 Å². The molecule has 0 N–H and O–H groups in total. The van der Waals surface area contributed by atoms with Gasteiger partial charge in [-0.15, -0.1) is 0 Å². The molecule has 0 aliphatic heterocycles. The van der Waals surface area contributed by atoms with E-state index in [1.165, 1.54) is 28.4 Å². The lowest BCUT2D eigenvalue weighted by Gasteiger charge is -2.34. The van der Waals surface area contributed by atoms with Crippen molar-refractivity contribution >= 4 is 11.9 Å². The van der Waals surface area contributed by atoms with Crippen LogP contribution in [0.25, 0.3) is 0 Å². The number of benzene rings is 2. The molecule has 216 valence electrons. The molecule has 0 radical (unpaired) electrons. The maximum Gasteiger partial charge on any atom is 0.390 e. The molecule has 2 aromatic carbocycles. The minimum atomic E-state index is -0.650. The predicted molar refractivity (Wildman–Crippen MR) is 143 cm³/mol. The normalized spacial score (nSPS) is 20.5. The van der Waals surface area contributed by atoms with Gasteiger partial charge in [-0.3, -0.25) is 9.78 Å². The number of methoxy groups -OCH3 is 4. The van der Waals surface area contributed by atoms with E-state index in [9.17, 15) is 9.59 Å². The Morgan fingerprint density at radius 1 is 0.675 bits per heavy atom. The van der Waals surface area contributed by atoms with Crippen LogP contribution in [0.15, 0.2) is 48.2 Å². The lowest BCUT2D eigenvalue weighted by Crippen LogP contribution is -2.28. The van der Waals surface area contributed by atoms with Crippen LogP contribution in [-0.4, -0.2) is 46.5 Å². The van der Waals surface area contributed by atoms with Crippen molar-refractivity contribution < 1.29 is 48.1 Å². The fourth-order valence-corrected chi connectivity index (χ4v) is 5.23. The molecule has 0 aromatic heterocycles. The monoisotopic (exact) mass is 556 g/mol. The van der Waals surface area contributed by atoms with Gasteiger partial charge >= 0.3 is 11.9 Å². The van der Waals surface area contributed by atoms with Gasteiger partial charge in [0.15, 0.2) is 5.76 Å². The summed E-state index contributed by atoms with van der Waals surface area (Å²) in [5.41, 5.74) is 0.472. The summed E-state index contributed by atoms with van der Waals surface area (Å²) >= 11 is 0. The average molecular weight is 557 g/mol. The summed E-state index contributed by atoms with van der Waals surface area (Å²) < 4.78 is 20.9. The van der Waals surface area contributed by atoms with Gasteiger partial charge in [-0.1, -0.05) is 0 Å². The second-order valence-electron chi connectivity index (χ2n) is 9.80. The number of ether oxygens (including phenoxy) is 4. The Hall–Kier alpha value is -3.92. The summed E-state index contributed by atoms with van der Waals surface area (Å²) in [6, 6.07) is 9.81. The minimum absolute atomic E-state index is 0.150. The van der Waals surface area contributed by atoms with E-state index in [0.717, 1.165) is 38.5 Å². The van der Waals surface area contributed by atoms with Crippen molar-refractivity contribution in [3.05, 3.63) is 59.4 Å². The molecule has 2 aliphatic rings. The van der Waals surface area contributed by atoms with Crippen LogP contribution in [0.1, 0.15) is 65.7 Å². The minimum Gasteiger partial charge on any atom is -0.497 e. The Morgan fingerprint density at radius 2 is 1.25 bits per heavy atom. The van der Waals surface area contributed by atoms with Crippen LogP contribution >= 0.6 is 0 Å². The third-order valence-electron chi connectivity index (χ3n) is 7.53. The molecule has 4 rings (SSSR count). The molecule has 1 fully saturated rings. The predicted octanol–water partition coefficient (Wildman–Crippen LogP) is 5.84. The number of rotatable bonds is 11. The zero-order valence-electron chi connectivity index (χ0n) is 23.3. The molecule has 0 bridgehead atoms. The van der Waals surface area contributed by atoms with Gasteiger partial charge in [-0.2, -0.15) is 4.89 Å². The van der Waals surface area contributed by atoms with Crippen LogP contribution in [0, 0.1) is 11.8 Å². The third-order valence-corrected chi connectivity index (χ3v) is 7.53. The largest absolute Gasteiger partial charge is 0.497 e. The zero-order chi connectivity index (χ0) is 28.5. The summed E-state index contributed by atoms with van der Waals surface area (Å²) in [5.74, 6) is 2.23. The Kier molecular flexibility index (Phi) is 10.1. The van der Waals surface area contributed by atoms with E-state index in [-0.39, 0.29) is 17.2 Å². The Morgan fingerprint density at radius 3 is 1.75 bits per heavy atom. The summed E-state index contributed by atoms with van der Waals surface area (Å²) in [6.07, 6.45) is 7.87. The highest BCUT2D eigenvalue weighted by Gasteiger charge is 2.31. The van der Waals surface area contributed by atoms with Crippen LogP contribution in [0.2, 0.25) is 0 Å². The number of carbonyl (C=O) groups excluding carboxylic acids is 2. The second-order valence-corrected chi connectivity index (χ2v) is 9.80. The molecule has 2 aromatic rings. The van der Waals surface area contributed by atoms with E-state index in [1.807, 2.05) is 6.08 Å². The molecule has 0 saturated heterocycles. The SMILES string of the molecule is COc1ccc(OC)c(C(=O)OOC2=CCC(C3CCC(OOC(=O)c4cc(OC)ccc4OC)CC3)CC2)c1. The van der Waals surface area contributed by atoms with E-state index in [0.29, 0.717) is 47.0 Å². The van der Waals surface area contributed by atoms with Gasteiger partial charge in [-0.25, -0.2) is 14.5 Å². The fraction of sp³-hybridized carbons (Fsp3) is 0.467. The average Bonchev–Trinajstić information content (AvgIpc) is 3.02. The zero-order valence-corrected chi connectivity index (χ0v) is 23.3. The van der Waals surface area contributed by atoms with Crippen molar-refractivity contribution in [3.63, 3.8) is 0 Å². The first kappa shape index (κ1) is 29.1. The van der Waals surface area contributed by atoms with E-state index in [4.69, 9.17) is 38.5 Å². The summed E-state index contributed by atoms with van der Waals surface area (Å²) in [5, 5.41) is 0. The second kappa shape index (κ2) is 13.9. The summed E-state index contributed by atoms with van der Waals surface area (Å²) in [6.45, 7) is 0. The molecule has 1 atom stereocenters. The van der Waals surface area contributed by atoms with E-state index >= 15 is 0 Å². The lowest BCUT2D eigenvalue weighted by atomic mass is 9.74. The smallest absolute Gasteiger partial charge is 0.390 e. The van der Waals surface area contributed by atoms with Crippen molar-refractivity contribution in [1.29, 1.82) is 0 Å². The van der Waals surface area contributed by atoms with Crippen molar-refractivity contribution in [3.8, 4) is 23.0 Å². The first-order chi connectivity index (χ1) is 19.4. The summed E-state index contributed by atoms with van der Waals surface area (Å²) in [4.78, 5) is 46.2. The van der Waals surface area contributed by atoms with Crippen LogP contribution in [0.4, 0.5) is 0 Å². The van der Waals surface area contributed by atoms with Crippen molar-refractivity contribution in [2.45, 2.75) is 51.0 Å². The van der Waals surface area contributed by atoms with Gasteiger partial charge in [0.05, 0.1) is 28.4 Å². The van der Waals surface area contributed by atoms with Crippen LogP contribution in [-0.2, 0) is 19.6 Å². The van der Waals surface area contributed by atoms with Crippen LogP contribution < -0.4 is 18.9 Å². The molecule has 0 amide bonds. The third kappa shape index (κ3) is 7.18. The maximum absolute atomic E-state index is 12.6. The molecular weight excluding hydrogens is 520 g/mol. The van der Waals surface area contributed by atoms with Gasteiger partial charge < -0.3 is 18.9 Å². The molecule has 40 heavy (non-hydrogen) atoms. The highest BCUT2D eigenvalue weighted by molar-refractivity contribution is 5.93. The van der Waals surface area contributed by atoms with Gasteiger partial charge in [0.25, 0.3) is 0 Å². The summed E-state index contributed by atoms with van der Waals surface area (Å²) in [7, 11) is 6.02. The van der Waals surface area contributed by atoms with E-state index in [2.05, 4.69) is 0 Å². The number of hydrogen-bond acceptors (Lipinski definition) is 10. The Bertz CT molecular complexity index is 1200. The number of hydrogen-bond donors (Lipinski definition) is 0. The topological polar surface area (TPSA) is 108 Å². The van der Waals surface area contributed by atoms with Gasteiger partial charge in [0, 0.05) is 6.42 Å². The molecule has 10 nitrogen and oxygen atoms in total. The quantitative estimate of drug-likeness (QED) is 0.247. The molecule has 0 heterocycles. The van der Waals surface area contributed by atoms with Crippen molar-refractivity contribution in [1.82, 2.24) is 0 Å². The highest BCUT2D eigenvalue weighted by atomic mass is 17.2. The number of allylic oxidation sites excluding steroid dienone is 2. The highest BCUT2D eigenvalue weighted by Crippen LogP contribution is 2.39. The first-order valence-electron chi connectivity index (χ1n) is 13.3. The van der Waals surface area contributed by atoms with Crippen molar-refractivity contribution in [2.75, 3.05) is 28.4 Å². The molecule has 1 saturated carbocycles. The fourth-order valence-electron chi connectivity index (χ4n) is 5.23. The molecule has 0 spiro atoms. The molecular formula is C30H36O10. The van der Waals surface area contributed by atoms with E-state index < -0.39 is 11.9 Å². The van der Waals surface area contributed by atoms with Crippen molar-refractivity contribution in [2.24, 2.45) is 11.8 Å². The van der Waals surface area contributed by atoms with Gasteiger partial charge in [0.1, 0.15) is 40.2 Å². The molecule has 10 heteroatoms. The van der Waals surface area contributed by atoms with E-state index in [1.54, 1.807) is 36.4 Å². The standard InChI is InChI=1S/C30H36O10/c1-33-23-13-15-27(35-3)25(17-23)29(31)39-37-21-9-5-19(6-10-21)20-7-11-22(12-8-20)38-40-30(32)26-18-24(34-2)14-16-28(26)36-4/h9,13-20,22H,5-8,10-12H2,1-4H3. The lowest BCUT2D eigenvalue weighted by molar-refractivity contribution is -0.281. The van der Waals surface area contributed by atoms with Crippen LogP contribution in [0.3, 0.4) is 0 Å². The van der Waals surface area contributed by atoms with Gasteiger partial charge in [0.2, 0.25) is 0 Å². The Balaban J connectivity index is 1.20. The maximum atomic E-state index is 12.6. The number of carbonyl (C=O) groups is 2. The van der Waals surface area contributed by atoms with Crippen LogP contribution in [0.5, 0.6) is 23.0 Å². The molecule has 2 aliphatic carbocycles.